The van der Waals surface area contributed by atoms with E-state index in [1.165, 1.54) is 0 Å². The van der Waals surface area contributed by atoms with E-state index in [2.05, 4.69) is 15.7 Å². The lowest BCUT2D eigenvalue weighted by atomic mass is 9.86. The fraction of sp³-hybridized carbons (Fsp3) is 0.769. The first kappa shape index (κ1) is 14.8. The number of nitrogens with one attached hydrogen (secondary N) is 1. The molecular weight excluding hydrogens is 260 g/mol. The summed E-state index contributed by atoms with van der Waals surface area (Å²) in [7, 11) is 0. The van der Waals surface area contributed by atoms with Gasteiger partial charge < -0.3 is 15.2 Å². The maximum Gasteiger partial charge on any atom is 0.407 e. The van der Waals surface area contributed by atoms with Crippen LogP contribution in [0.15, 0.2) is 22.1 Å². The summed E-state index contributed by atoms with van der Waals surface area (Å²) in [4.78, 5) is 11.6. The maximum absolute atomic E-state index is 11.6. The molecule has 0 unspecified atom stereocenters. The molecule has 2 rings (SSSR count). The average molecular weight is 282 g/mol. The summed E-state index contributed by atoms with van der Waals surface area (Å²) in [5.41, 5.74) is 0.373. The van der Waals surface area contributed by atoms with Crippen LogP contribution in [0.5, 0.6) is 0 Å². The zero-order valence-corrected chi connectivity index (χ0v) is 12.2. The molecule has 1 amide bonds. The van der Waals surface area contributed by atoms with Crippen LogP contribution in [0.1, 0.15) is 33.6 Å². The van der Waals surface area contributed by atoms with Gasteiger partial charge in [0.25, 0.3) is 0 Å². The molecule has 0 aromatic carbocycles. The molecule has 1 saturated carbocycles. The Kier molecular flexibility index (Phi) is 4.27. The maximum atomic E-state index is 11.6. The summed E-state index contributed by atoms with van der Waals surface area (Å²) >= 11 is 0. The van der Waals surface area contributed by atoms with E-state index in [9.17, 15) is 4.79 Å². The van der Waals surface area contributed by atoms with Crippen molar-refractivity contribution in [3.8, 4) is 0 Å². The van der Waals surface area contributed by atoms with Crippen molar-refractivity contribution in [1.82, 2.24) is 10.3 Å². The van der Waals surface area contributed by atoms with E-state index in [1.807, 2.05) is 25.8 Å². The Balaban J connectivity index is 1.72. The van der Waals surface area contributed by atoms with E-state index >= 15 is 0 Å². The van der Waals surface area contributed by atoms with Crippen LogP contribution in [0.4, 0.5) is 4.79 Å². The van der Waals surface area contributed by atoms with Crippen LogP contribution in [-0.4, -0.2) is 47.0 Å². The predicted octanol–water partition coefficient (Wildman–Crippen LogP) is 1.60. The molecule has 1 fully saturated rings. The van der Waals surface area contributed by atoms with E-state index in [1.54, 1.807) is 6.20 Å². The Labute approximate surface area is 118 Å². The second kappa shape index (κ2) is 5.78. The van der Waals surface area contributed by atoms with Gasteiger partial charge in [0.15, 0.2) is 0 Å². The van der Waals surface area contributed by atoms with Crippen molar-refractivity contribution in [1.29, 1.82) is 0 Å². The van der Waals surface area contributed by atoms with Crippen LogP contribution < -0.4 is 5.32 Å². The molecule has 0 aromatic heterocycles. The molecule has 7 heteroatoms. The standard InChI is InChI=1S/C13H22N4O3/c1-13(2,3)20-12(19)15-10-4-11(5-10)17-7-9(8-18)6-14-16-17/h6,10-11,18H,4-5,7-8H2,1-3H3,(H,15,19). The van der Waals surface area contributed by atoms with Crippen LogP contribution in [0.3, 0.4) is 0 Å². The number of amides is 1. The molecule has 1 heterocycles. The first-order valence-corrected chi connectivity index (χ1v) is 6.83. The molecule has 0 aromatic rings. The summed E-state index contributed by atoms with van der Waals surface area (Å²) in [5, 5.41) is 21.7. The zero-order chi connectivity index (χ0) is 14.8. The number of hydrogen-bond donors (Lipinski definition) is 2. The summed E-state index contributed by atoms with van der Waals surface area (Å²) in [5.74, 6) is 0. The number of aliphatic hydroxyl groups excluding tert-OH is 1. The summed E-state index contributed by atoms with van der Waals surface area (Å²) < 4.78 is 5.21. The first-order valence-electron chi connectivity index (χ1n) is 6.83. The van der Waals surface area contributed by atoms with Gasteiger partial charge in [-0.05, 0) is 39.2 Å². The number of aliphatic hydroxyl groups is 1. The summed E-state index contributed by atoms with van der Waals surface area (Å²) in [6.07, 6.45) is 2.84. The topological polar surface area (TPSA) is 86.5 Å². The number of carbonyl (C=O) groups is 1. The van der Waals surface area contributed by atoms with E-state index in [0.717, 1.165) is 18.4 Å². The Morgan fingerprint density at radius 1 is 1.55 bits per heavy atom. The molecule has 1 aliphatic carbocycles. The van der Waals surface area contributed by atoms with Crippen LogP contribution >= 0.6 is 0 Å². The normalized spacial score (nSPS) is 25.8. The van der Waals surface area contributed by atoms with Crippen molar-refractivity contribution in [2.75, 3.05) is 13.2 Å². The molecule has 0 atom stereocenters. The van der Waals surface area contributed by atoms with Crippen molar-refractivity contribution >= 4 is 6.09 Å². The Morgan fingerprint density at radius 2 is 2.25 bits per heavy atom. The van der Waals surface area contributed by atoms with Gasteiger partial charge in [-0.15, -0.1) is 5.11 Å². The summed E-state index contributed by atoms with van der Waals surface area (Å²) in [6.45, 7) is 6.12. The number of alkyl carbamates (subject to hydrolysis) is 1. The van der Waals surface area contributed by atoms with Gasteiger partial charge in [-0.3, -0.25) is 5.01 Å². The molecule has 7 nitrogen and oxygen atoms in total. The van der Waals surface area contributed by atoms with E-state index in [0.29, 0.717) is 6.54 Å². The average Bonchev–Trinajstić information content (AvgIpc) is 2.31. The van der Waals surface area contributed by atoms with Gasteiger partial charge in [0.05, 0.1) is 25.4 Å². The van der Waals surface area contributed by atoms with Gasteiger partial charge in [0.2, 0.25) is 0 Å². The number of nitrogens with zero attached hydrogens (tertiary/aromatic N) is 3. The third-order valence-corrected chi connectivity index (χ3v) is 3.23. The molecule has 0 saturated heterocycles. The largest absolute Gasteiger partial charge is 0.444 e. The number of carbonyl (C=O) groups excluding carboxylic acids is 1. The van der Waals surface area contributed by atoms with E-state index in [4.69, 9.17) is 9.84 Å². The Morgan fingerprint density at radius 3 is 2.85 bits per heavy atom. The quantitative estimate of drug-likeness (QED) is 0.823. The molecule has 112 valence electrons. The predicted molar refractivity (Wildman–Crippen MR) is 72.9 cm³/mol. The van der Waals surface area contributed by atoms with Crippen molar-refractivity contribution < 1.29 is 14.6 Å². The lowest BCUT2D eigenvalue weighted by molar-refractivity contribution is 0.0387. The molecule has 20 heavy (non-hydrogen) atoms. The second-order valence-electron chi connectivity index (χ2n) is 6.22. The molecule has 2 aliphatic rings. The molecule has 0 radical (unpaired) electrons. The van der Waals surface area contributed by atoms with Crippen molar-refractivity contribution in [2.24, 2.45) is 10.3 Å². The molecule has 0 spiro atoms. The Hall–Kier alpha value is -1.63. The van der Waals surface area contributed by atoms with Crippen LogP contribution in [0.2, 0.25) is 0 Å². The van der Waals surface area contributed by atoms with Gasteiger partial charge >= 0.3 is 6.09 Å². The zero-order valence-electron chi connectivity index (χ0n) is 12.2. The molecule has 0 bridgehead atoms. The highest BCUT2D eigenvalue weighted by atomic mass is 16.6. The highest BCUT2D eigenvalue weighted by Crippen LogP contribution is 2.28. The van der Waals surface area contributed by atoms with Crippen LogP contribution in [-0.2, 0) is 4.74 Å². The highest BCUT2D eigenvalue weighted by Gasteiger charge is 2.36. The number of ether oxygens (including phenoxy) is 1. The first-order chi connectivity index (χ1) is 9.37. The third-order valence-electron chi connectivity index (χ3n) is 3.23. The minimum atomic E-state index is -0.477. The van der Waals surface area contributed by atoms with Gasteiger partial charge in [-0.2, -0.15) is 0 Å². The third kappa shape index (κ3) is 3.93. The monoisotopic (exact) mass is 282 g/mol. The van der Waals surface area contributed by atoms with Gasteiger partial charge in [-0.1, -0.05) is 5.22 Å². The van der Waals surface area contributed by atoms with Crippen LogP contribution in [0, 0.1) is 0 Å². The smallest absolute Gasteiger partial charge is 0.407 e. The number of rotatable bonds is 3. The summed E-state index contributed by atoms with van der Waals surface area (Å²) in [6, 6.07) is 0.377. The lowest BCUT2D eigenvalue weighted by Crippen LogP contribution is -2.53. The van der Waals surface area contributed by atoms with Gasteiger partial charge in [-0.25, -0.2) is 4.79 Å². The fourth-order valence-electron chi connectivity index (χ4n) is 2.17. The fourth-order valence-corrected chi connectivity index (χ4v) is 2.17. The minimum absolute atomic E-state index is 0.00181. The van der Waals surface area contributed by atoms with Crippen LogP contribution in [0.25, 0.3) is 0 Å². The molecule has 1 aliphatic heterocycles. The minimum Gasteiger partial charge on any atom is -0.444 e. The van der Waals surface area contributed by atoms with Gasteiger partial charge in [0.1, 0.15) is 5.60 Å². The SMILES string of the molecule is CC(C)(C)OC(=O)NC1CC(N2CC(CO)=CN=N2)C1. The second-order valence-corrected chi connectivity index (χ2v) is 6.22. The van der Waals surface area contributed by atoms with Gasteiger partial charge in [0, 0.05) is 6.04 Å². The van der Waals surface area contributed by atoms with E-state index in [-0.39, 0.29) is 24.8 Å². The Bertz CT molecular complexity index is 422. The molecule has 2 N–H and O–H groups in total. The highest BCUT2D eigenvalue weighted by molar-refractivity contribution is 5.68. The number of hydrogen-bond acceptors (Lipinski definition) is 6. The van der Waals surface area contributed by atoms with Crippen molar-refractivity contribution in [3.63, 3.8) is 0 Å². The van der Waals surface area contributed by atoms with Crippen molar-refractivity contribution in [2.45, 2.75) is 51.3 Å². The van der Waals surface area contributed by atoms with E-state index < -0.39 is 5.60 Å². The molecular formula is C13H22N4O3. The lowest BCUT2D eigenvalue weighted by Gasteiger charge is -2.41. The van der Waals surface area contributed by atoms with Crippen molar-refractivity contribution in [3.05, 3.63) is 11.8 Å².